The molecule has 0 spiro atoms. The predicted octanol–water partition coefficient (Wildman–Crippen LogP) is 2.13. The van der Waals surface area contributed by atoms with Gasteiger partial charge in [0.1, 0.15) is 5.56 Å². The first kappa shape index (κ1) is 14.5. The Labute approximate surface area is 108 Å². The van der Waals surface area contributed by atoms with E-state index in [9.17, 15) is 9.59 Å². The minimum absolute atomic E-state index is 0.181. The van der Waals surface area contributed by atoms with E-state index in [4.69, 9.17) is 0 Å². The Balaban J connectivity index is 2.95. The van der Waals surface area contributed by atoms with Crippen LogP contribution in [0.1, 0.15) is 38.1 Å². The van der Waals surface area contributed by atoms with Gasteiger partial charge in [0.2, 0.25) is 0 Å². The van der Waals surface area contributed by atoms with Gasteiger partial charge in [-0.1, -0.05) is 27.7 Å². The molecule has 0 saturated carbocycles. The monoisotopic (exact) mass is 250 g/mol. The Morgan fingerprint density at radius 2 is 1.78 bits per heavy atom. The zero-order chi connectivity index (χ0) is 13.7. The van der Waals surface area contributed by atoms with E-state index in [-0.39, 0.29) is 16.9 Å². The molecule has 0 radical (unpaired) electrons. The lowest BCUT2D eigenvalue weighted by Crippen LogP contribution is -2.39. The van der Waals surface area contributed by atoms with Crippen LogP contribution >= 0.6 is 0 Å². The summed E-state index contributed by atoms with van der Waals surface area (Å²) < 4.78 is 0. The van der Waals surface area contributed by atoms with Gasteiger partial charge in [-0.15, -0.1) is 0 Å². The first-order valence-corrected chi connectivity index (χ1v) is 6.38. The number of hydrogen-bond acceptors (Lipinski definition) is 2. The molecule has 1 aromatic rings. The zero-order valence-corrected chi connectivity index (χ0v) is 11.6. The number of aromatic nitrogens is 1. The zero-order valence-electron chi connectivity index (χ0n) is 11.6. The molecule has 0 aliphatic heterocycles. The summed E-state index contributed by atoms with van der Waals surface area (Å²) in [6.07, 6.45) is 3.02. The second-order valence-electron chi connectivity index (χ2n) is 5.42. The number of rotatable bonds is 5. The van der Waals surface area contributed by atoms with Crippen LogP contribution < -0.4 is 5.43 Å². The van der Waals surface area contributed by atoms with Crippen molar-refractivity contribution in [1.29, 1.82) is 0 Å². The van der Waals surface area contributed by atoms with Crippen LogP contribution in [0.5, 0.6) is 0 Å². The van der Waals surface area contributed by atoms with Crippen LogP contribution in [0.15, 0.2) is 23.3 Å². The second-order valence-corrected chi connectivity index (χ2v) is 5.42. The first-order valence-electron chi connectivity index (χ1n) is 6.38. The molecule has 4 nitrogen and oxygen atoms in total. The van der Waals surface area contributed by atoms with Crippen molar-refractivity contribution in [3.05, 3.63) is 34.2 Å². The van der Waals surface area contributed by atoms with E-state index in [1.54, 1.807) is 4.90 Å². The summed E-state index contributed by atoms with van der Waals surface area (Å²) in [5, 5.41) is 0. The number of carbonyl (C=O) groups excluding carboxylic acids is 1. The van der Waals surface area contributed by atoms with E-state index in [0.717, 1.165) is 0 Å². The van der Waals surface area contributed by atoms with Crippen molar-refractivity contribution in [3.8, 4) is 0 Å². The summed E-state index contributed by atoms with van der Waals surface area (Å²) in [6, 6.07) is 1.39. The van der Waals surface area contributed by atoms with Crippen LogP contribution in [0.3, 0.4) is 0 Å². The van der Waals surface area contributed by atoms with Gasteiger partial charge < -0.3 is 9.88 Å². The van der Waals surface area contributed by atoms with Gasteiger partial charge in [0.05, 0.1) is 0 Å². The van der Waals surface area contributed by atoms with Crippen LogP contribution in [0.4, 0.5) is 0 Å². The van der Waals surface area contributed by atoms with Gasteiger partial charge in [-0.05, 0) is 11.8 Å². The van der Waals surface area contributed by atoms with Gasteiger partial charge in [0.25, 0.3) is 5.91 Å². The third kappa shape index (κ3) is 4.02. The van der Waals surface area contributed by atoms with E-state index in [1.165, 1.54) is 18.5 Å². The molecule has 0 aliphatic rings. The summed E-state index contributed by atoms with van der Waals surface area (Å²) in [4.78, 5) is 28.6. The maximum atomic E-state index is 12.3. The third-order valence-corrected chi connectivity index (χ3v) is 2.51. The molecule has 0 bridgehead atoms. The topological polar surface area (TPSA) is 53.2 Å². The Morgan fingerprint density at radius 1 is 1.22 bits per heavy atom. The number of hydrogen-bond donors (Lipinski definition) is 1. The highest BCUT2D eigenvalue weighted by Crippen LogP contribution is 2.07. The Bertz CT molecular complexity index is 439. The Morgan fingerprint density at radius 3 is 2.22 bits per heavy atom. The number of amides is 1. The molecule has 1 N–H and O–H groups in total. The Kier molecular flexibility index (Phi) is 5.13. The lowest BCUT2D eigenvalue weighted by Gasteiger charge is -2.26. The highest BCUT2D eigenvalue weighted by molar-refractivity contribution is 5.93. The van der Waals surface area contributed by atoms with Crippen LogP contribution in [0.25, 0.3) is 0 Å². The molecule has 0 aromatic carbocycles. The van der Waals surface area contributed by atoms with Crippen molar-refractivity contribution in [2.75, 3.05) is 13.1 Å². The van der Waals surface area contributed by atoms with Gasteiger partial charge in [0, 0.05) is 31.5 Å². The van der Waals surface area contributed by atoms with Crippen molar-refractivity contribution in [1.82, 2.24) is 9.88 Å². The molecule has 1 heterocycles. The minimum Gasteiger partial charge on any atom is -0.367 e. The summed E-state index contributed by atoms with van der Waals surface area (Å²) in [7, 11) is 0. The summed E-state index contributed by atoms with van der Waals surface area (Å²) in [6.45, 7) is 9.61. The van der Waals surface area contributed by atoms with Crippen LogP contribution in [0.2, 0.25) is 0 Å². The summed E-state index contributed by atoms with van der Waals surface area (Å²) in [5.74, 6) is 0.588. The van der Waals surface area contributed by atoms with Gasteiger partial charge >= 0.3 is 0 Å². The quantitative estimate of drug-likeness (QED) is 0.870. The van der Waals surface area contributed by atoms with E-state index in [1.807, 2.05) is 0 Å². The average molecular weight is 250 g/mol. The number of H-pyrrole nitrogens is 1. The fourth-order valence-electron chi connectivity index (χ4n) is 1.88. The SMILES string of the molecule is CC(C)CN(CC(C)C)C(=O)c1c[nH]ccc1=O. The van der Waals surface area contributed by atoms with Crippen molar-refractivity contribution in [2.24, 2.45) is 11.8 Å². The number of pyridine rings is 1. The molecule has 1 amide bonds. The van der Waals surface area contributed by atoms with Crippen molar-refractivity contribution in [2.45, 2.75) is 27.7 Å². The maximum absolute atomic E-state index is 12.3. The number of aromatic amines is 1. The molecule has 100 valence electrons. The lowest BCUT2D eigenvalue weighted by molar-refractivity contribution is 0.0713. The molecule has 0 fully saturated rings. The van der Waals surface area contributed by atoms with Gasteiger partial charge in [-0.2, -0.15) is 0 Å². The fraction of sp³-hybridized carbons (Fsp3) is 0.571. The molecule has 4 heteroatoms. The predicted molar refractivity (Wildman–Crippen MR) is 72.6 cm³/mol. The molecular weight excluding hydrogens is 228 g/mol. The van der Waals surface area contributed by atoms with Crippen molar-refractivity contribution in [3.63, 3.8) is 0 Å². The van der Waals surface area contributed by atoms with Gasteiger partial charge in [0.15, 0.2) is 5.43 Å². The smallest absolute Gasteiger partial charge is 0.259 e. The molecule has 1 rings (SSSR count). The molecule has 18 heavy (non-hydrogen) atoms. The van der Waals surface area contributed by atoms with Crippen molar-refractivity contribution >= 4 is 5.91 Å². The van der Waals surface area contributed by atoms with E-state index in [0.29, 0.717) is 24.9 Å². The highest BCUT2D eigenvalue weighted by Gasteiger charge is 2.19. The first-order chi connectivity index (χ1) is 8.41. The summed E-state index contributed by atoms with van der Waals surface area (Å²) >= 11 is 0. The standard InChI is InChI=1S/C14H22N2O2/c1-10(2)8-16(9-11(3)4)14(18)12-7-15-6-5-13(12)17/h5-7,10-11H,8-9H2,1-4H3,(H,15,17). The third-order valence-electron chi connectivity index (χ3n) is 2.51. The number of nitrogens with zero attached hydrogens (tertiary/aromatic N) is 1. The van der Waals surface area contributed by atoms with E-state index < -0.39 is 0 Å². The number of nitrogens with one attached hydrogen (secondary N) is 1. The normalized spacial score (nSPS) is 11.0. The molecule has 0 aliphatic carbocycles. The van der Waals surface area contributed by atoms with Gasteiger partial charge in [-0.25, -0.2) is 0 Å². The number of carbonyl (C=O) groups is 1. The van der Waals surface area contributed by atoms with Gasteiger partial charge in [-0.3, -0.25) is 9.59 Å². The van der Waals surface area contributed by atoms with Crippen LogP contribution in [0, 0.1) is 11.8 Å². The molecule has 0 saturated heterocycles. The van der Waals surface area contributed by atoms with E-state index >= 15 is 0 Å². The fourth-order valence-corrected chi connectivity index (χ4v) is 1.88. The minimum atomic E-state index is -0.226. The molecular formula is C14H22N2O2. The van der Waals surface area contributed by atoms with E-state index in [2.05, 4.69) is 32.7 Å². The van der Waals surface area contributed by atoms with Crippen LogP contribution in [-0.2, 0) is 0 Å². The second kappa shape index (κ2) is 6.38. The molecule has 1 aromatic heterocycles. The highest BCUT2D eigenvalue weighted by atomic mass is 16.2. The Hall–Kier alpha value is -1.58. The lowest BCUT2D eigenvalue weighted by atomic mass is 10.1. The molecule has 0 unspecified atom stereocenters. The average Bonchev–Trinajstić information content (AvgIpc) is 2.26. The maximum Gasteiger partial charge on any atom is 0.259 e. The largest absolute Gasteiger partial charge is 0.367 e. The molecule has 0 atom stereocenters. The summed E-state index contributed by atoms with van der Waals surface area (Å²) in [5.41, 5.74) is -0.00457. The van der Waals surface area contributed by atoms with Crippen molar-refractivity contribution < 1.29 is 4.79 Å². The van der Waals surface area contributed by atoms with Crippen LogP contribution in [-0.4, -0.2) is 28.9 Å².